The van der Waals surface area contributed by atoms with Gasteiger partial charge in [0.05, 0.1) is 10.4 Å². The first-order valence-electron chi connectivity index (χ1n) is 6.14. The molecular formula is C14H10N4O3. The molecule has 0 aliphatic heterocycles. The third-order valence-corrected chi connectivity index (χ3v) is 3.02. The number of fused-ring (bicyclic) bond motifs is 1. The molecule has 3 rings (SSSR count). The molecule has 2 N–H and O–H groups in total. The molecular weight excluding hydrogens is 272 g/mol. The second-order valence-corrected chi connectivity index (χ2v) is 4.38. The number of benzene rings is 2. The van der Waals surface area contributed by atoms with Crippen molar-refractivity contribution >= 4 is 28.3 Å². The third-order valence-electron chi connectivity index (χ3n) is 3.02. The molecule has 0 atom stereocenters. The van der Waals surface area contributed by atoms with Gasteiger partial charge < -0.3 is 5.32 Å². The van der Waals surface area contributed by atoms with Gasteiger partial charge in [-0.15, -0.1) is 0 Å². The van der Waals surface area contributed by atoms with Crippen LogP contribution in [0, 0.1) is 10.1 Å². The van der Waals surface area contributed by atoms with Crippen molar-refractivity contribution in [2.75, 3.05) is 5.32 Å². The minimum Gasteiger partial charge on any atom is -0.305 e. The van der Waals surface area contributed by atoms with Crippen LogP contribution in [0.15, 0.2) is 48.5 Å². The van der Waals surface area contributed by atoms with Crippen LogP contribution in [0.5, 0.6) is 0 Å². The Labute approximate surface area is 118 Å². The second kappa shape index (κ2) is 5.04. The normalized spacial score (nSPS) is 10.5. The summed E-state index contributed by atoms with van der Waals surface area (Å²) in [6.07, 6.45) is 0. The summed E-state index contributed by atoms with van der Waals surface area (Å²) in [5.41, 5.74) is 0.873. The van der Waals surface area contributed by atoms with E-state index in [-0.39, 0.29) is 11.3 Å². The number of anilines is 1. The maximum absolute atomic E-state index is 12.1. The zero-order valence-corrected chi connectivity index (χ0v) is 10.7. The largest absolute Gasteiger partial charge is 0.305 e. The fourth-order valence-corrected chi connectivity index (χ4v) is 2.00. The van der Waals surface area contributed by atoms with E-state index in [9.17, 15) is 14.9 Å². The number of carbonyl (C=O) groups excluding carboxylic acids is 1. The van der Waals surface area contributed by atoms with Crippen LogP contribution in [0.3, 0.4) is 0 Å². The number of nitro groups is 1. The number of aromatic amines is 1. The average molecular weight is 282 g/mol. The van der Waals surface area contributed by atoms with E-state index in [1.165, 1.54) is 24.3 Å². The molecule has 0 aliphatic carbocycles. The van der Waals surface area contributed by atoms with Crippen molar-refractivity contribution in [3.63, 3.8) is 0 Å². The Hall–Kier alpha value is -3.22. The first-order valence-corrected chi connectivity index (χ1v) is 6.14. The first kappa shape index (κ1) is 12.8. The maximum atomic E-state index is 12.1. The summed E-state index contributed by atoms with van der Waals surface area (Å²) in [5.74, 6) is -0.0574. The van der Waals surface area contributed by atoms with Crippen LogP contribution >= 0.6 is 0 Å². The Bertz CT molecular complexity index is 841. The van der Waals surface area contributed by atoms with Crippen molar-refractivity contribution < 1.29 is 9.72 Å². The lowest BCUT2D eigenvalue weighted by Crippen LogP contribution is -2.12. The topological polar surface area (TPSA) is 101 Å². The van der Waals surface area contributed by atoms with Crippen molar-refractivity contribution in [3.8, 4) is 0 Å². The molecule has 0 saturated carbocycles. The summed E-state index contributed by atoms with van der Waals surface area (Å²) in [4.78, 5) is 22.3. The summed E-state index contributed by atoms with van der Waals surface area (Å²) in [5, 5.41) is 21.0. The number of non-ortho nitro benzene ring substituents is 1. The van der Waals surface area contributed by atoms with E-state index in [0.717, 1.165) is 10.9 Å². The highest BCUT2D eigenvalue weighted by Gasteiger charge is 2.14. The van der Waals surface area contributed by atoms with E-state index >= 15 is 0 Å². The number of aromatic nitrogens is 2. The van der Waals surface area contributed by atoms with Gasteiger partial charge in [-0.1, -0.05) is 18.2 Å². The van der Waals surface area contributed by atoms with Crippen LogP contribution in [0.4, 0.5) is 11.5 Å². The zero-order chi connectivity index (χ0) is 14.8. The van der Waals surface area contributed by atoms with Crippen molar-refractivity contribution in [2.24, 2.45) is 0 Å². The van der Waals surface area contributed by atoms with Crippen molar-refractivity contribution in [3.05, 3.63) is 64.2 Å². The number of nitrogens with zero attached hydrogens (tertiary/aromatic N) is 2. The van der Waals surface area contributed by atoms with Crippen molar-refractivity contribution in [1.29, 1.82) is 0 Å². The van der Waals surface area contributed by atoms with Crippen LogP contribution in [0.25, 0.3) is 10.9 Å². The van der Waals surface area contributed by atoms with Gasteiger partial charge in [0.2, 0.25) is 0 Å². The monoisotopic (exact) mass is 282 g/mol. The molecule has 3 aromatic rings. The van der Waals surface area contributed by atoms with Crippen molar-refractivity contribution in [2.45, 2.75) is 0 Å². The van der Waals surface area contributed by atoms with E-state index in [1.807, 2.05) is 24.3 Å². The Kier molecular flexibility index (Phi) is 3.07. The zero-order valence-electron chi connectivity index (χ0n) is 10.7. The van der Waals surface area contributed by atoms with E-state index in [4.69, 9.17) is 0 Å². The average Bonchev–Trinajstić information content (AvgIpc) is 2.91. The Morgan fingerprint density at radius 2 is 2.00 bits per heavy atom. The van der Waals surface area contributed by atoms with Gasteiger partial charge in [-0.05, 0) is 18.2 Å². The smallest absolute Gasteiger partial charge is 0.270 e. The molecule has 1 aromatic heterocycles. The lowest BCUT2D eigenvalue weighted by Gasteiger charge is -2.02. The summed E-state index contributed by atoms with van der Waals surface area (Å²) in [6, 6.07) is 12.9. The van der Waals surface area contributed by atoms with Gasteiger partial charge >= 0.3 is 0 Å². The number of carbonyl (C=O) groups is 1. The first-order chi connectivity index (χ1) is 10.1. The fourth-order valence-electron chi connectivity index (χ4n) is 2.00. The highest BCUT2D eigenvalue weighted by molar-refractivity contribution is 6.08. The maximum Gasteiger partial charge on any atom is 0.270 e. The number of H-pyrrole nitrogens is 1. The standard InChI is InChI=1S/C14H10N4O3/c19-14(9-4-3-5-10(8-9)18(20)21)15-13-11-6-1-2-7-12(11)16-17-13/h1-8H,(H2,15,16,17,19). The Morgan fingerprint density at radius 3 is 2.81 bits per heavy atom. The predicted molar refractivity (Wildman–Crippen MR) is 77.1 cm³/mol. The summed E-state index contributed by atoms with van der Waals surface area (Å²) in [6.45, 7) is 0. The van der Waals surface area contributed by atoms with Gasteiger partial charge in [0.15, 0.2) is 5.82 Å². The second-order valence-electron chi connectivity index (χ2n) is 4.38. The van der Waals surface area contributed by atoms with Gasteiger partial charge in [0.25, 0.3) is 11.6 Å². The van der Waals surface area contributed by atoms with Gasteiger partial charge in [0.1, 0.15) is 0 Å². The molecule has 0 fully saturated rings. The number of nitro benzene ring substituents is 1. The van der Waals surface area contributed by atoms with Crippen LogP contribution in [-0.2, 0) is 0 Å². The lowest BCUT2D eigenvalue weighted by molar-refractivity contribution is -0.384. The van der Waals surface area contributed by atoms with Crippen LogP contribution in [0.1, 0.15) is 10.4 Å². The molecule has 1 amide bonds. The summed E-state index contributed by atoms with van der Waals surface area (Å²) < 4.78 is 0. The predicted octanol–water partition coefficient (Wildman–Crippen LogP) is 2.72. The van der Waals surface area contributed by atoms with Crippen molar-refractivity contribution in [1.82, 2.24) is 10.2 Å². The minimum absolute atomic E-state index is 0.130. The Morgan fingerprint density at radius 1 is 1.19 bits per heavy atom. The van der Waals surface area contributed by atoms with Crippen LogP contribution < -0.4 is 5.32 Å². The third kappa shape index (κ3) is 2.44. The number of hydrogen-bond donors (Lipinski definition) is 2. The Balaban J connectivity index is 1.89. The molecule has 21 heavy (non-hydrogen) atoms. The number of rotatable bonds is 3. The van der Waals surface area contributed by atoms with Crippen LogP contribution in [0.2, 0.25) is 0 Å². The molecule has 0 bridgehead atoms. The number of amides is 1. The molecule has 0 saturated heterocycles. The molecule has 104 valence electrons. The summed E-state index contributed by atoms with van der Waals surface area (Å²) >= 11 is 0. The van der Waals surface area contributed by atoms with Gasteiger partial charge in [0, 0.05) is 23.1 Å². The lowest BCUT2D eigenvalue weighted by atomic mass is 10.2. The molecule has 0 radical (unpaired) electrons. The van der Waals surface area contributed by atoms with Gasteiger partial charge in [-0.3, -0.25) is 20.0 Å². The highest BCUT2D eigenvalue weighted by Crippen LogP contribution is 2.21. The van der Waals surface area contributed by atoms with E-state index in [1.54, 1.807) is 0 Å². The fraction of sp³-hybridized carbons (Fsp3) is 0. The van der Waals surface area contributed by atoms with E-state index in [0.29, 0.717) is 5.82 Å². The van der Waals surface area contributed by atoms with Gasteiger partial charge in [-0.25, -0.2) is 0 Å². The summed E-state index contributed by atoms with van der Waals surface area (Å²) in [7, 11) is 0. The van der Waals surface area contributed by atoms with Gasteiger partial charge in [-0.2, -0.15) is 5.10 Å². The highest BCUT2D eigenvalue weighted by atomic mass is 16.6. The minimum atomic E-state index is -0.541. The van der Waals surface area contributed by atoms with Crippen LogP contribution in [-0.4, -0.2) is 21.0 Å². The number of para-hydroxylation sites is 1. The molecule has 0 spiro atoms. The molecule has 0 aliphatic rings. The van der Waals surface area contributed by atoms with E-state index < -0.39 is 10.8 Å². The number of nitrogens with one attached hydrogen (secondary N) is 2. The molecule has 2 aromatic carbocycles. The number of hydrogen-bond acceptors (Lipinski definition) is 4. The molecule has 0 unspecified atom stereocenters. The van der Waals surface area contributed by atoms with E-state index in [2.05, 4.69) is 15.5 Å². The molecule has 7 nitrogen and oxygen atoms in total. The molecule has 7 heteroatoms. The quantitative estimate of drug-likeness (QED) is 0.569. The SMILES string of the molecule is O=C(Nc1n[nH]c2ccccc12)c1cccc([N+](=O)[O-])c1. The molecule has 1 heterocycles.